The number of carbonyl (C=O) groups is 2. The number of hydrogen-bond acceptors (Lipinski definition) is 4. The van der Waals surface area contributed by atoms with Crippen molar-refractivity contribution in [1.82, 2.24) is 10.6 Å². The van der Waals surface area contributed by atoms with E-state index >= 15 is 0 Å². The van der Waals surface area contributed by atoms with Crippen molar-refractivity contribution < 1.29 is 19.1 Å². The van der Waals surface area contributed by atoms with Gasteiger partial charge >= 0.3 is 0 Å². The van der Waals surface area contributed by atoms with Crippen molar-refractivity contribution >= 4 is 11.8 Å². The minimum atomic E-state index is -0.796. The molecule has 6 nitrogen and oxygen atoms in total. The number of fused-ring (bicyclic) bond motifs is 4. The van der Waals surface area contributed by atoms with E-state index in [0.717, 1.165) is 22.3 Å². The average molecular weight is 443 g/mol. The number of amides is 2. The number of rotatable bonds is 5. The van der Waals surface area contributed by atoms with Gasteiger partial charge in [-0.25, -0.2) is 0 Å². The molecule has 168 valence electrons. The average Bonchev–Trinajstić information content (AvgIpc) is 3.26. The summed E-state index contributed by atoms with van der Waals surface area (Å²) >= 11 is 0. The van der Waals surface area contributed by atoms with Gasteiger partial charge in [0.25, 0.3) is 5.91 Å². The highest BCUT2D eigenvalue weighted by Gasteiger charge is 2.57. The van der Waals surface area contributed by atoms with Crippen LogP contribution in [-0.4, -0.2) is 26.0 Å². The molecule has 2 aliphatic rings. The molecular weight excluding hydrogens is 416 g/mol. The summed E-state index contributed by atoms with van der Waals surface area (Å²) in [5.41, 5.74) is 3.44. The number of hydrogen-bond donors (Lipinski definition) is 2. The molecule has 0 fully saturated rings. The van der Waals surface area contributed by atoms with Crippen molar-refractivity contribution in [3.05, 3.63) is 94.5 Å². The molecule has 0 saturated heterocycles. The topological polar surface area (TPSA) is 76.7 Å². The van der Waals surface area contributed by atoms with Crippen LogP contribution in [0, 0.1) is 5.92 Å². The molecule has 0 bridgehead atoms. The maximum Gasteiger partial charge on any atom is 0.252 e. The summed E-state index contributed by atoms with van der Waals surface area (Å²) in [5.74, 6) is 0.877. The van der Waals surface area contributed by atoms with Gasteiger partial charge in [0.1, 0.15) is 11.5 Å². The number of nitrogens with one attached hydrogen (secondary N) is 2. The minimum Gasteiger partial charge on any atom is -0.497 e. The fourth-order valence-electron chi connectivity index (χ4n) is 5.39. The number of benzene rings is 3. The molecule has 1 aliphatic heterocycles. The molecule has 5 rings (SSSR count). The van der Waals surface area contributed by atoms with E-state index in [1.165, 1.54) is 0 Å². The van der Waals surface area contributed by atoms with Gasteiger partial charge in [-0.15, -0.1) is 0 Å². The predicted octanol–water partition coefficient (Wildman–Crippen LogP) is 3.74. The van der Waals surface area contributed by atoms with Crippen molar-refractivity contribution in [2.75, 3.05) is 14.2 Å². The minimum absolute atomic E-state index is 0.0865. The molecule has 1 aliphatic carbocycles. The zero-order valence-corrected chi connectivity index (χ0v) is 18.8. The molecular formula is C27H26N2O4. The first-order chi connectivity index (χ1) is 16.0. The van der Waals surface area contributed by atoms with Gasteiger partial charge < -0.3 is 20.1 Å². The van der Waals surface area contributed by atoms with Crippen LogP contribution in [0.4, 0.5) is 0 Å². The molecule has 0 aromatic heterocycles. The Morgan fingerprint density at radius 1 is 1.00 bits per heavy atom. The highest BCUT2D eigenvalue weighted by Crippen LogP contribution is 2.57. The summed E-state index contributed by atoms with van der Waals surface area (Å²) in [6, 6.07) is 20.7. The van der Waals surface area contributed by atoms with Crippen molar-refractivity contribution in [3.8, 4) is 11.5 Å². The maximum absolute atomic E-state index is 13.1. The zero-order valence-electron chi connectivity index (χ0n) is 18.8. The number of ether oxygens (including phenoxy) is 2. The second-order valence-electron chi connectivity index (χ2n) is 8.59. The third kappa shape index (κ3) is 3.17. The van der Waals surface area contributed by atoms with Gasteiger partial charge in [0.05, 0.1) is 32.2 Å². The Morgan fingerprint density at radius 2 is 1.73 bits per heavy atom. The Hall–Kier alpha value is -3.80. The van der Waals surface area contributed by atoms with Gasteiger partial charge in [0.2, 0.25) is 5.91 Å². The van der Waals surface area contributed by atoms with E-state index in [1.807, 2.05) is 66.7 Å². The van der Waals surface area contributed by atoms with Gasteiger partial charge in [-0.3, -0.25) is 9.59 Å². The normalized spacial score (nSPS) is 22.5. The van der Waals surface area contributed by atoms with E-state index in [2.05, 4.69) is 17.6 Å². The fourth-order valence-corrected chi connectivity index (χ4v) is 5.39. The van der Waals surface area contributed by atoms with Crippen LogP contribution >= 0.6 is 0 Å². The van der Waals surface area contributed by atoms with Gasteiger partial charge in [-0.1, -0.05) is 55.5 Å². The Balaban J connectivity index is 1.63. The van der Waals surface area contributed by atoms with Crippen molar-refractivity contribution in [3.63, 3.8) is 0 Å². The molecule has 33 heavy (non-hydrogen) atoms. The molecule has 0 radical (unpaired) electrons. The van der Waals surface area contributed by atoms with E-state index in [-0.39, 0.29) is 30.2 Å². The van der Waals surface area contributed by atoms with Gasteiger partial charge in [-0.2, -0.15) is 0 Å². The largest absolute Gasteiger partial charge is 0.497 e. The second kappa shape index (κ2) is 7.96. The van der Waals surface area contributed by atoms with Crippen LogP contribution in [0.5, 0.6) is 11.5 Å². The van der Waals surface area contributed by atoms with E-state index in [0.29, 0.717) is 17.1 Å². The van der Waals surface area contributed by atoms with Crippen molar-refractivity contribution in [2.24, 2.45) is 5.92 Å². The maximum atomic E-state index is 13.1. The standard InChI is InChI=1S/C27H26N2O4/c1-16-25(28-23(30)13-17-9-5-4-6-10-17)24-21(14-18(32-2)15-22(24)33-3)27(16)20-12-8-7-11-19(20)26(31)29-27/h4-12,14-16,25H,13H2,1-3H3,(H,28,30)(H,29,31)/t16-,25-,27+/m1/s1. The van der Waals surface area contributed by atoms with Gasteiger partial charge in [-0.05, 0) is 28.8 Å². The van der Waals surface area contributed by atoms with E-state index in [1.54, 1.807) is 14.2 Å². The van der Waals surface area contributed by atoms with E-state index < -0.39 is 5.54 Å². The van der Waals surface area contributed by atoms with Crippen LogP contribution in [0.3, 0.4) is 0 Å². The Labute approximate surface area is 192 Å². The first-order valence-electron chi connectivity index (χ1n) is 11.0. The first-order valence-corrected chi connectivity index (χ1v) is 11.0. The zero-order chi connectivity index (χ0) is 23.2. The molecule has 2 N–H and O–H groups in total. The van der Waals surface area contributed by atoms with Crippen LogP contribution in [-0.2, 0) is 16.8 Å². The molecule has 3 aromatic carbocycles. The molecule has 2 amide bonds. The molecule has 1 heterocycles. The molecule has 6 heteroatoms. The van der Waals surface area contributed by atoms with Crippen molar-refractivity contribution in [2.45, 2.75) is 24.9 Å². The van der Waals surface area contributed by atoms with Crippen LogP contribution < -0.4 is 20.1 Å². The van der Waals surface area contributed by atoms with Crippen LogP contribution in [0.15, 0.2) is 66.7 Å². The van der Waals surface area contributed by atoms with Gasteiger partial charge in [0.15, 0.2) is 0 Å². The lowest BCUT2D eigenvalue weighted by atomic mass is 9.78. The quantitative estimate of drug-likeness (QED) is 0.631. The predicted molar refractivity (Wildman–Crippen MR) is 124 cm³/mol. The van der Waals surface area contributed by atoms with Crippen LogP contribution in [0.25, 0.3) is 0 Å². The highest BCUT2D eigenvalue weighted by atomic mass is 16.5. The molecule has 3 atom stereocenters. The summed E-state index contributed by atoms with van der Waals surface area (Å²) in [6.07, 6.45) is 0.272. The molecule has 1 spiro atoms. The van der Waals surface area contributed by atoms with Crippen LogP contribution in [0.2, 0.25) is 0 Å². The molecule has 0 unspecified atom stereocenters. The summed E-state index contributed by atoms with van der Waals surface area (Å²) < 4.78 is 11.3. The second-order valence-corrected chi connectivity index (χ2v) is 8.59. The summed E-state index contributed by atoms with van der Waals surface area (Å²) in [6.45, 7) is 2.06. The molecule has 3 aromatic rings. The number of carbonyl (C=O) groups excluding carboxylic acids is 2. The SMILES string of the molecule is COc1cc(OC)c2c(c1)[C@]1(NC(=O)c3ccccc31)[C@H](C)[C@H]2NC(=O)Cc1ccccc1. The monoisotopic (exact) mass is 442 g/mol. The van der Waals surface area contributed by atoms with E-state index in [9.17, 15) is 9.59 Å². The molecule has 0 saturated carbocycles. The Bertz CT molecular complexity index is 1240. The lowest BCUT2D eigenvalue weighted by Crippen LogP contribution is -2.46. The summed E-state index contributed by atoms with van der Waals surface area (Å²) in [4.78, 5) is 26.1. The lowest BCUT2D eigenvalue weighted by Gasteiger charge is -2.33. The van der Waals surface area contributed by atoms with E-state index in [4.69, 9.17) is 9.47 Å². The number of methoxy groups -OCH3 is 2. The third-order valence-electron chi connectivity index (χ3n) is 6.92. The highest BCUT2D eigenvalue weighted by molar-refractivity contribution is 6.01. The smallest absolute Gasteiger partial charge is 0.252 e. The fraction of sp³-hybridized carbons (Fsp3) is 0.259. The third-order valence-corrected chi connectivity index (χ3v) is 6.92. The van der Waals surface area contributed by atoms with Crippen molar-refractivity contribution in [1.29, 1.82) is 0 Å². The first kappa shape index (κ1) is 21.1. The Morgan fingerprint density at radius 3 is 2.45 bits per heavy atom. The van der Waals surface area contributed by atoms with Gasteiger partial charge in [0, 0.05) is 23.1 Å². The lowest BCUT2D eigenvalue weighted by molar-refractivity contribution is -0.121. The summed E-state index contributed by atoms with van der Waals surface area (Å²) in [7, 11) is 3.21. The van der Waals surface area contributed by atoms with Crippen LogP contribution in [0.1, 0.15) is 45.6 Å². The summed E-state index contributed by atoms with van der Waals surface area (Å²) in [5, 5.41) is 6.49. The Kier molecular flexibility index (Phi) is 5.08.